The Morgan fingerprint density at radius 2 is 2.25 bits per heavy atom. The van der Waals surface area contributed by atoms with Crippen molar-refractivity contribution < 1.29 is 4.74 Å². The average molecular weight is 298 g/mol. The lowest BCUT2D eigenvalue weighted by Gasteiger charge is -2.42. The van der Waals surface area contributed by atoms with Crippen molar-refractivity contribution >= 4 is 11.8 Å². The summed E-state index contributed by atoms with van der Waals surface area (Å²) in [6, 6.07) is 0.512. The lowest BCUT2D eigenvalue weighted by molar-refractivity contribution is -0.0883. The van der Waals surface area contributed by atoms with Gasteiger partial charge in [-0.25, -0.2) is 0 Å². The van der Waals surface area contributed by atoms with E-state index < -0.39 is 0 Å². The number of hydrazine groups is 1. The molecule has 0 bridgehead atoms. The first-order valence-corrected chi connectivity index (χ1v) is 9.59. The summed E-state index contributed by atoms with van der Waals surface area (Å²) in [6.45, 7) is 3.27. The van der Waals surface area contributed by atoms with Gasteiger partial charge in [-0.05, 0) is 55.6 Å². The van der Waals surface area contributed by atoms with E-state index in [1.165, 1.54) is 56.5 Å². The van der Waals surface area contributed by atoms with E-state index >= 15 is 0 Å². The number of hydrogen-bond acceptors (Lipinski definition) is 4. The lowest BCUT2D eigenvalue weighted by Crippen LogP contribution is -2.51. The highest BCUT2D eigenvalue weighted by molar-refractivity contribution is 7.99. The molecule has 2 aliphatic heterocycles. The number of hydrogen-bond donors (Lipinski definition) is 2. The van der Waals surface area contributed by atoms with E-state index in [9.17, 15) is 0 Å². The van der Waals surface area contributed by atoms with Gasteiger partial charge < -0.3 is 4.74 Å². The van der Waals surface area contributed by atoms with E-state index in [4.69, 9.17) is 10.6 Å². The number of ether oxygens (including phenoxy) is 1. The van der Waals surface area contributed by atoms with Gasteiger partial charge in [0.2, 0.25) is 0 Å². The molecular weight excluding hydrogens is 268 g/mol. The summed E-state index contributed by atoms with van der Waals surface area (Å²) in [4.78, 5) is 0. The molecule has 3 rings (SSSR count). The first-order chi connectivity index (χ1) is 9.76. The molecule has 3 fully saturated rings. The first kappa shape index (κ1) is 15.1. The van der Waals surface area contributed by atoms with Gasteiger partial charge >= 0.3 is 0 Å². The second kappa shape index (κ2) is 6.55. The van der Waals surface area contributed by atoms with Crippen LogP contribution in [0, 0.1) is 17.8 Å². The second-order valence-corrected chi connectivity index (χ2v) is 8.23. The number of thioether (sulfide) groups is 1. The van der Waals surface area contributed by atoms with E-state index in [1.807, 2.05) is 0 Å². The van der Waals surface area contributed by atoms with Gasteiger partial charge in [-0.3, -0.25) is 11.3 Å². The van der Waals surface area contributed by atoms with Crippen LogP contribution in [0.15, 0.2) is 0 Å². The van der Waals surface area contributed by atoms with Crippen molar-refractivity contribution in [2.75, 3.05) is 18.1 Å². The number of nitrogens with two attached hydrogens (primary N) is 1. The fourth-order valence-electron chi connectivity index (χ4n) is 4.70. The van der Waals surface area contributed by atoms with Crippen molar-refractivity contribution in [1.29, 1.82) is 0 Å². The topological polar surface area (TPSA) is 47.3 Å². The van der Waals surface area contributed by atoms with Gasteiger partial charge in [0.25, 0.3) is 0 Å². The normalized spacial score (nSPS) is 43.2. The zero-order chi connectivity index (χ0) is 14.0. The van der Waals surface area contributed by atoms with Crippen molar-refractivity contribution in [3.8, 4) is 0 Å². The lowest BCUT2D eigenvalue weighted by atomic mass is 9.76. The summed E-state index contributed by atoms with van der Waals surface area (Å²) in [5.41, 5.74) is 3.39. The molecule has 20 heavy (non-hydrogen) atoms. The molecule has 5 atom stereocenters. The molecule has 0 aromatic heterocycles. The van der Waals surface area contributed by atoms with Crippen LogP contribution in [0.2, 0.25) is 0 Å². The minimum atomic E-state index is 0.186. The molecular formula is C16H30N2OS. The van der Waals surface area contributed by atoms with Crippen LogP contribution in [0.5, 0.6) is 0 Å². The van der Waals surface area contributed by atoms with Crippen LogP contribution < -0.4 is 11.3 Å². The van der Waals surface area contributed by atoms with E-state index in [2.05, 4.69) is 24.1 Å². The minimum absolute atomic E-state index is 0.186. The average Bonchev–Trinajstić information content (AvgIpc) is 3.10. The summed E-state index contributed by atoms with van der Waals surface area (Å²) in [5, 5.41) is 0. The smallest absolute Gasteiger partial charge is 0.0783 e. The van der Waals surface area contributed by atoms with Gasteiger partial charge in [-0.15, -0.1) is 0 Å². The Balaban J connectivity index is 1.63. The molecule has 116 valence electrons. The standard InChI is InChI=1S/C16H30N2OS/c1-2-12-3-4-13(9-12)15(18-17)14-5-7-19-16(10-14)6-8-20-11-16/h12-15,18H,2-11,17H2,1H3. The SMILES string of the molecule is CCC1CCC(C(NN)C2CCOC3(CCSC3)C2)C1. The summed E-state index contributed by atoms with van der Waals surface area (Å²) in [5.74, 6) is 10.9. The van der Waals surface area contributed by atoms with Crippen LogP contribution >= 0.6 is 11.8 Å². The summed E-state index contributed by atoms with van der Waals surface area (Å²) >= 11 is 2.06. The van der Waals surface area contributed by atoms with Crippen LogP contribution in [0.1, 0.15) is 51.9 Å². The largest absolute Gasteiger partial charge is 0.374 e. The zero-order valence-corrected chi connectivity index (χ0v) is 13.6. The third-order valence-corrected chi connectivity index (χ3v) is 7.19. The second-order valence-electron chi connectivity index (χ2n) is 7.13. The van der Waals surface area contributed by atoms with Crippen molar-refractivity contribution in [3.63, 3.8) is 0 Å². The Morgan fingerprint density at radius 1 is 1.35 bits per heavy atom. The minimum Gasteiger partial charge on any atom is -0.374 e. The number of nitrogens with one attached hydrogen (secondary N) is 1. The molecule has 2 saturated heterocycles. The highest BCUT2D eigenvalue weighted by Crippen LogP contribution is 2.44. The van der Waals surface area contributed by atoms with Gasteiger partial charge in [0.1, 0.15) is 0 Å². The van der Waals surface area contributed by atoms with Crippen LogP contribution in [0.4, 0.5) is 0 Å². The third kappa shape index (κ3) is 3.03. The van der Waals surface area contributed by atoms with E-state index in [0.717, 1.165) is 18.4 Å². The fourth-order valence-corrected chi connectivity index (χ4v) is 6.08. The summed E-state index contributed by atoms with van der Waals surface area (Å²) < 4.78 is 6.17. The molecule has 1 aliphatic carbocycles. The van der Waals surface area contributed by atoms with Crippen molar-refractivity contribution in [2.45, 2.75) is 63.5 Å². The predicted octanol–water partition coefficient (Wildman–Crippen LogP) is 2.95. The van der Waals surface area contributed by atoms with Gasteiger partial charge in [0.15, 0.2) is 0 Å². The van der Waals surface area contributed by atoms with Gasteiger partial charge in [0.05, 0.1) is 5.60 Å². The Kier molecular flexibility index (Phi) is 4.96. The maximum Gasteiger partial charge on any atom is 0.0783 e. The van der Waals surface area contributed by atoms with Gasteiger partial charge in [-0.2, -0.15) is 11.8 Å². The molecule has 2 heterocycles. The zero-order valence-electron chi connectivity index (χ0n) is 12.8. The predicted molar refractivity (Wildman–Crippen MR) is 85.6 cm³/mol. The van der Waals surface area contributed by atoms with Crippen LogP contribution in [-0.2, 0) is 4.74 Å². The number of rotatable bonds is 4. The molecule has 0 aromatic rings. The van der Waals surface area contributed by atoms with Crippen molar-refractivity contribution in [3.05, 3.63) is 0 Å². The maximum absolute atomic E-state index is 6.17. The molecule has 3 N–H and O–H groups in total. The fraction of sp³-hybridized carbons (Fsp3) is 1.00. The van der Waals surface area contributed by atoms with E-state index in [-0.39, 0.29) is 5.60 Å². The molecule has 5 unspecified atom stereocenters. The summed E-state index contributed by atoms with van der Waals surface area (Å²) in [7, 11) is 0. The van der Waals surface area contributed by atoms with E-state index in [1.54, 1.807) is 0 Å². The van der Waals surface area contributed by atoms with Crippen molar-refractivity contribution in [2.24, 2.45) is 23.6 Å². The molecule has 0 radical (unpaired) electrons. The molecule has 1 saturated carbocycles. The van der Waals surface area contributed by atoms with Gasteiger partial charge in [0, 0.05) is 18.4 Å². The van der Waals surface area contributed by atoms with Crippen molar-refractivity contribution in [1.82, 2.24) is 5.43 Å². The molecule has 4 heteroatoms. The highest BCUT2D eigenvalue weighted by atomic mass is 32.2. The molecule has 0 amide bonds. The highest BCUT2D eigenvalue weighted by Gasteiger charge is 2.44. The Hall–Kier alpha value is 0.230. The van der Waals surface area contributed by atoms with Crippen LogP contribution in [-0.4, -0.2) is 29.8 Å². The monoisotopic (exact) mass is 298 g/mol. The van der Waals surface area contributed by atoms with Crippen LogP contribution in [0.25, 0.3) is 0 Å². The molecule has 1 spiro atoms. The molecule has 3 aliphatic rings. The van der Waals surface area contributed by atoms with E-state index in [0.29, 0.717) is 12.0 Å². The third-order valence-electron chi connectivity index (χ3n) is 5.97. The quantitative estimate of drug-likeness (QED) is 0.619. The van der Waals surface area contributed by atoms with Gasteiger partial charge in [-0.1, -0.05) is 19.8 Å². The van der Waals surface area contributed by atoms with Crippen LogP contribution in [0.3, 0.4) is 0 Å². The molecule has 3 nitrogen and oxygen atoms in total. The summed E-state index contributed by atoms with van der Waals surface area (Å²) in [6.07, 6.45) is 9.15. The first-order valence-electron chi connectivity index (χ1n) is 8.44. The Bertz CT molecular complexity index is 320. The Morgan fingerprint density at radius 3 is 2.90 bits per heavy atom. The Labute approximate surface area is 127 Å². The molecule has 0 aromatic carbocycles. The maximum atomic E-state index is 6.17.